The Labute approximate surface area is 117 Å². The third-order valence-corrected chi connectivity index (χ3v) is 2.86. The summed E-state index contributed by atoms with van der Waals surface area (Å²) in [4.78, 5) is 18.0. The van der Waals surface area contributed by atoms with Crippen LogP contribution in [0.3, 0.4) is 0 Å². The minimum atomic E-state index is -0.572. The molecule has 0 unspecified atom stereocenters. The summed E-state index contributed by atoms with van der Waals surface area (Å²) in [7, 11) is 0. The minimum absolute atomic E-state index is 0.121. The lowest BCUT2D eigenvalue weighted by atomic mass is 10.2. The van der Waals surface area contributed by atoms with E-state index in [9.17, 15) is 10.1 Å². The van der Waals surface area contributed by atoms with Crippen molar-refractivity contribution in [1.29, 1.82) is 0 Å². The van der Waals surface area contributed by atoms with Crippen molar-refractivity contribution in [3.8, 4) is 5.75 Å². The van der Waals surface area contributed by atoms with Crippen LogP contribution in [0.4, 0.5) is 5.82 Å². The van der Waals surface area contributed by atoms with E-state index in [1.807, 2.05) is 6.07 Å². The van der Waals surface area contributed by atoms with Gasteiger partial charge in [-0.2, -0.15) is 0 Å². The molecular formula is C12H10BrN3O3. The highest BCUT2D eigenvalue weighted by Gasteiger charge is 2.20. The molecule has 0 aromatic carbocycles. The highest BCUT2D eigenvalue weighted by Crippen LogP contribution is 2.31. The SMILES string of the molecule is C[C@H](Oc1cc(Br)cnc1[N+](=O)[O-])c1cccnc1. The van der Waals surface area contributed by atoms with Crippen molar-refractivity contribution >= 4 is 21.7 Å². The molecule has 0 bridgehead atoms. The van der Waals surface area contributed by atoms with Crippen molar-refractivity contribution in [3.05, 3.63) is 56.9 Å². The highest BCUT2D eigenvalue weighted by molar-refractivity contribution is 9.10. The van der Waals surface area contributed by atoms with E-state index in [0.717, 1.165) is 5.56 Å². The van der Waals surface area contributed by atoms with E-state index in [1.54, 1.807) is 25.4 Å². The average Bonchev–Trinajstić information content (AvgIpc) is 2.39. The second-order valence-corrected chi connectivity index (χ2v) is 4.69. The molecular weight excluding hydrogens is 314 g/mol. The zero-order chi connectivity index (χ0) is 13.8. The number of hydrogen-bond donors (Lipinski definition) is 0. The number of nitrogens with zero attached hydrogens (tertiary/aromatic N) is 3. The van der Waals surface area contributed by atoms with Crippen molar-refractivity contribution < 1.29 is 9.66 Å². The molecule has 0 saturated carbocycles. The van der Waals surface area contributed by atoms with Crippen LogP contribution in [0.5, 0.6) is 5.75 Å². The Morgan fingerprint density at radius 1 is 1.47 bits per heavy atom. The van der Waals surface area contributed by atoms with Crippen molar-refractivity contribution in [2.75, 3.05) is 0 Å². The number of pyridine rings is 2. The van der Waals surface area contributed by atoms with E-state index in [4.69, 9.17) is 4.74 Å². The van der Waals surface area contributed by atoms with Gasteiger partial charge in [-0.05, 0) is 38.8 Å². The van der Waals surface area contributed by atoms with Crippen LogP contribution in [0.15, 0.2) is 41.3 Å². The van der Waals surface area contributed by atoms with Crippen LogP contribution in [0.25, 0.3) is 0 Å². The maximum atomic E-state index is 10.9. The second-order valence-electron chi connectivity index (χ2n) is 3.78. The summed E-state index contributed by atoms with van der Waals surface area (Å²) < 4.78 is 6.22. The summed E-state index contributed by atoms with van der Waals surface area (Å²) in [6.07, 6.45) is 4.31. The normalized spacial score (nSPS) is 11.9. The van der Waals surface area contributed by atoms with Gasteiger partial charge >= 0.3 is 5.82 Å². The lowest BCUT2D eigenvalue weighted by Gasteiger charge is -2.14. The van der Waals surface area contributed by atoms with Crippen LogP contribution < -0.4 is 4.74 Å². The van der Waals surface area contributed by atoms with Crippen LogP contribution in [0.1, 0.15) is 18.6 Å². The van der Waals surface area contributed by atoms with Crippen molar-refractivity contribution in [2.24, 2.45) is 0 Å². The Morgan fingerprint density at radius 3 is 2.89 bits per heavy atom. The molecule has 7 heteroatoms. The van der Waals surface area contributed by atoms with E-state index in [0.29, 0.717) is 4.47 Å². The smallest absolute Gasteiger partial charge is 0.406 e. The summed E-state index contributed by atoms with van der Waals surface area (Å²) in [5.41, 5.74) is 0.830. The van der Waals surface area contributed by atoms with Gasteiger partial charge in [-0.1, -0.05) is 6.07 Å². The molecule has 0 spiro atoms. The molecule has 19 heavy (non-hydrogen) atoms. The molecule has 0 radical (unpaired) electrons. The van der Waals surface area contributed by atoms with Gasteiger partial charge in [0, 0.05) is 24.0 Å². The fourth-order valence-corrected chi connectivity index (χ4v) is 1.82. The molecule has 2 rings (SSSR count). The lowest BCUT2D eigenvalue weighted by Crippen LogP contribution is -2.06. The Kier molecular flexibility index (Phi) is 4.06. The fraction of sp³-hybridized carbons (Fsp3) is 0.167. The number of hydrogen-bond acceptors (Lipinski definition) is 5. The maximum absolute atomic E-state index is 10.9. The van der Waals surface area contributed by atoms with E-state index < -0.39 is 4.92 Å². The predicted octanol–water partition coefficient (Wildman–Crippen LogP) is 3.29. The van der Waals surface area contributed by atoms with Crippen molar-refractivity contribution in [1.82, 2.24) is 9.97 Å². The Bertz CT molecular complexity index is 592. The van der Waals surface area contributed by atoms with E-state index >= 15 is 0 Å². The van der Waals surface area contributed by atoms with Crippen molar-refractivity contribution in [3.63, 3.8) is 0 Å². The number of halogens is 1. The lowest BCUT2D eigenvalue weighted by molar-refractivity contribution is -0.390. The van der Waals surface area contributed by atoms with Gasteiger partial charge < -0.3 is 14.9 Å². The number of aromatic nitrogens is 2. The molecule has 0 aliphatic carbocycles. The van der Waals surface area contributed by atoms with Gasteiger partial charge in [-0.25, -0.2) is 0 Å². The molecule has 0 fully saturated rings. The largest absolute Gasteiger partial charge is 0.478 e. The van der Waals surface area contributed by atoms with Gasteiger partial charge in [0.25, 0.3) is 0 Å². The standard InChI is InChI=1S/C12H10BrN3O3/c1-8(9-3-2-4-14-6-9)19-11-5-10(13)7-15-12(11)16(17)18/h2-8H,1H3/t8-/m0/s1. The van der Waals surface area contributed by atoms with Crippen LogP contribution in [-0.2, 0) is 0 Å². The van der Waals surface area contributed by atoms with E-state index in [-0.39, 0.29) is 17.7 Å². The molecule has 2 aromatic rings. The topological polar surface area (TPSA) is 78.2 Å². The van der Waals surface area contributed by atoms with Gasteiger partial charge in [0.15, 0.2) is 6.20 Å². The summed E-state index contributed by atoms with van der Waals surface area (Å²) in [5, 5.41) is 10.9. The van der Waals surface area contributed by atoms with Crippen LogP contribution in [0, 0.1) is 10.1 Å². The molecule has 0 N–H and O–H groups in total. The molecule has 2 aromatic heterocycles. The number of nitro groups is 1. The molecule has 0 aliphatic rings. The minimum Gasteiger partial charge on any atom is -0.478 e. The summed E-state index contributed by atoms with van der Waals surface area (Å²) >= 11 is 3.21. The Morgan fingerprint density at radius 2 is 2.26 bits per heavy atom. The molecule has 0 amide bonds. The Hall–Kier alpha value is -2.02. The third-order valence-electron chi connectivity index (χ3n) is 2.43. The Balaban J connectivity index is 2.28. The number of rotatable bonds is 4. The van der Waals surface area contributed by atoms with Gasteiger partial charge in [0.1, 0.15) is 6.10 Å². The zero-order valence-corrected chi connectivity index (χ0v) is 11.6. The van der Waals surface area contributed by atoms with Crippen LogP contribution in [-0.4, -0.2) is 14.9 Å². The first-order valence-electron chi connectivity index (χ1n) is 5.44. The fourth-order valence-electron chi connectivity index (χ4n) is 1.51. The first kappa shape index (κ1) is 13.4. The van der Waals surface area contributed by atoms with Gasteiger partial charge in [-0.15, -0.1) is 0 Å². The first-order valence-corrected chi connectivity index (χ1v) is 6.23. The molecule has 6 nitrogen and oxygen atoms in total. The zero-order valence-electron chi connectivity index (χ0n) is 9.99. The molecule has 0 saturated heterocycles. The van der Waals surface area contributed by atoms with Crippen molar-refractivity contribution in [2.45, 2.75) is 13.0 Å². The predicted molar refractivity (Wildman–Crippen MR) is 71.9 cm³/mol. The molecule has 1 atom stereocenters. The van der Waals surface area contributed by atoms with Gasteiger partial charge in [0.05, 0.1) is 4.47 Å². The van der Waals surface area contributed by atoms with E-state index in [1.165, 1.54) is 12.3 Å². The molecule has 0 aliphatic heterocycles. The highest BCUT2D eigenvalue weighted by atomic mass is 79.9. The van der Waals surface area contributed by atoms with Gasteiger partial charge in [-0.3, -0.25) is 4.98 Å². The second kappa shape index (κ2) is 5.75. The summed E-state index contributed by atoms with van der Waals surface area (Å²) in [5.74, 6) is -0.185. The number of ether oxygens (including phenoxy) is 1. The quantitative estimate of drug-likeness (QED) is 0.637. The molecule has 98 valence electrons. The summed E-state index contributed by atoms with van der Waals surface area (Å²) in [6.45, 7) is 1.79. The van der Waals surface area contributed by atoms with E-state index in [2.05, 4.69) is 25.9 Å². The van der Waals surface area contributed by atoms with Gasteiger partial charge in [0.2, 0.25) is 5.75 Å². The first-order chi connectivity index (χ1) is 9.08. The third kappa shape index (κ3) is 3.25. The van der Waals surface area contributed by atoms with Crippen LogP contribution >= 0.6 is 15.9 Å². The monoisotopic (exact) mass is 323 g/mol. The average molecular weight is 324 g/mol. The molecule has 2 heterocycles. The maximum Gasteiger partial charge on any atom is 0.406 e. The summed E-state index contributed by atoms with van der Waals surface area (Å²) in [6, 6.07) is 5.15. The van der Waals surface area contributed by atoms with Crippen LogP contribution in [0.2, 0.25) is 0 Å².